The molecule has 0 bridgehead atoms. The Morgan fingerprint density at radius 1 is 1.54 bits per heavy atom. The maximum atomic E-state index is 5.54. The van der Waals surface area contributed by atoms with Crippen molar-refractivity contribution in [1.29, 1.82) is 0 Å². The molecule has 4 nitrogen and oxygen atoms in total. The third-order valence-corrected chi connectivity index (χ3v) is 2.39. The first kappa shape index (κ1) is 10.5. The SMILES string of the molecule is CCC(C)(OC)c1nnc(CCl)o1. The summed E-state index contributed by atoms with van der Waals surface area (Å²) < 4.78 is 10.6. The first-order valence-electron chi connectivity index (χ1n) is 4.10. The molecule has 0 saturated carbocycles. The highest BCUT2D eigenvalue weighted by Crippen LogP contribution is 2.26. The van der Waals surface area contributed by atoms with Crippen LogP contribution in [0, 0.1) is 0 Å². The molecule has 5 heteroatoms. The van der Waals surface area contributed by atoms with E-state index < -0.39 is 5.60 Å². The molecule has 1 rings (SSSR count). The highest BCUT2D eigenvalue weighted by molar-refractivity contribution is 6.16. The topological polar surface area (TPSA) is 48.2 Å². The second-order valence-corrected chi connectivity index (χ2v) is 3.19. The van der Waals surface area contributed by atoms with Crippen LogP contribution in [0.2, 0.25) is 0 Å². The summed E-state index contributed by atoms with van der Waals surface area (Å²) in [6, 6.07) is 0. The molecule has 74 valence electrons. The Kier molecular flexibility index (Phi) is 3.27. The molecule has 0 aliphatic heterocycles. The molecule has 13 heavy (non-hydrogen) atoms. The van der Waals surface area contributed by atoms with Crippen molar-refractivity contribution >= 4 is 11.6 Å². The first-order valence-corrected chi connectivity index (χ1v) is 4.63. The van der Waals surface area contributed by atoms with Crippen molar-refractivity contribution in [2.24, 2.45) is 0 Å². The molecule has 1 aromatic rings. The number of alkyl halides is 1. The fourth-order valence-corrected chi connectivity index (χ4v) is 1.01. The first-order chi connectivity index (χ1) is 6.16. The Hall–Kier alpha value is -0.610. The zero-order valence-electron chi connectivity index (χ0n) is 8.00. The van der Waals surface area contributed by atoms with E-state index in [1.807, 2.05) is 13.8 Å². The average Bonchev–Trinajstić information content (AvgIpc) is 2.65. The molecule has 1 unspecified atom stereocenters. The van der Waals surface area contributed by atoms with Crippen LogP contribution >= 0.6 is 11.6 Å². The van der Waals surface area contributed by atoms with E-state index in [0.29, 0.717) is 11.8 Å². The van der Waals surface area contributed by atoms with Crippen molar-refractivity contribution in [2.45, 2.75) is 31.7 Å². The van der Waals surface area contributed by atoms with Crippen molar-refractivity contribution in [1.82, 2.24) is 10.2 Å². The summed E-state index contributed by atoms with van der Waals surface area (Å²) in [6.45, 7) is 3.90. The van der Waals surface area contributed by atoms with Crippen LogP contribution in [0.4, 0.5) is 0 Å². The largest absolute Gasteiger partial charge is 0.421 e. The summed E-state index contributed by atoms with van der Waals surface area (Å²) in [5, 5.41) is 7.64. The second kappa shape index (κ2) is 4.07. The van der Waals surface area contributed by atoms with Gasteiger partial charge in [0.1, 0.15) is 11.5 Å². The van der Waals surface area contributed by atoms with E-state index in [-0.39, 0.29) is 5.88 Å². The van der Waals surface area contributed by atoms with Gasteiger partial charge in [0.15, 0.2) is 0 Å². The van der Waals surface area contributed by atoms with E-state index in [2.05, 4.69) is 10.2 Å². The van der Waals surface area contributed by atoms with E-state index in [0.717, 1.165) is 6.42 Å². The smallest absolute Gasteiger partial charge is 0.247 e. The van der Waals surface area contributed by atoms with Gasteiger partial charge in [0, 0.05) is 7.11 Å². The van der Waals surface area contributed by atoms with Crippen molar-refractivity contribution in [2.75, 3.05) is 7.11 Å². The number of aromatic nitrogens is 2. The van der Waals surface area contributed by atoms with Crippen molar-refractivity contribution in [3.05, 3.63) is 11.8 Å². The molecule has 0 radical (unpaired) electrons. The second-order valence-electron chi connectivity index (χ2n) is 2.92. The summed E-state index contributed by atoms with van der Waals surface area (Å²) in [5.41, 5.74) is -0.503. The van der Waals surface area contributed by atoms with Crippen LogP contribution in [-0.2, 0) is 16.2 Å². The fourth-order valence-electron chi connectivity index (χ4n) is 0.904. The number of rotatable bonds is 4. The molecule has 1 heterocycles. The molecule has 0 aliphatic carbocycles. The number of nitrogens with zero attached hydrogens (tertiary/aromatic N) is 2. The van der Waals surface area contributed by atoms with Crippen LogP contribution < -0.4 is 0 Å². The Labute approximate surface area is 82.2 Å². The lowest BCUT2D eigenvalue weighted by Crippen LogP contribution is -2.23. The summed E-state index contributed by atoms with van der Waals surface area (Å²) in [7, 11) is 1.62. The minimum absolute atomic E-state index is 0.233. The van der Waals surface area contributed by atoms with E-state index in [4.69, 9.17) is 20.8 Å². The zero-order chi connectivity index (χ0) is 9.90. The number of ether oxygens (including phenoxy) is 1. The van der Waals surface area contributed by atoms with Crippen molar-refractivity contribution in [3.8, 4) is 0 Å². The Balaban J connectivity index is 2.91. The van der Waals surface area contributed by atoms with Gasteiger partial charge in [-0.1, -0.05) is 6.92 Å². The molecular formula is C8H13ClN2O2. The third-order valence-electron chi connectivity index (χ3n) is 2.16. The van der Waals surface area contributed by atoms with Crippen LogP contribution in [0.5, 0.6) is 0 Å². The van der Waals surface area contributed by atoms with Gasteiger partial charge in [-0.2, -0.15) is 0 Å². The standard InChI is InChI=1S/C8H13ClN2O2/c1-4-8(2,12-3)7-11-10-6(5-9)13-7/h4-5H2,1-3H3. The summed E-state index contributed by atoms with van der Waals surface area (Å²) in [5.74, 6) is 1.14. The molecule has 0 saturated heterocycles. The molecule has 1 atom stereocenters. The minimum Gasteiger partial charge on any atom is -0.421 e. The predicted octanol–water partition coefficient (Wildman–Crippen LogP) is 2.08. The van der Waals surface area contributed by atoms with Gasteiger partial charge >= 0.3 is 0 Å². The van der Waals surface area contributed by atoms with E-state index in [9.17, 15) is 0 Å². The molecule has 0 spiro atoms. The monoisotopic (exact) mass is 204 g/mol. The molecule has 1 aromatic heterocycles. The predicted molar refractivity (Wildman–Crippen MR) is 48.5 cm³/mol. The quantitative estimate of drug-likeness (QED) is 0.705. The summed E-state index contributed by atoms with van der Waals surface area (Å²) in [4.78, 5) is 0. The maximum absolute atomic E-state index is 5.54. The van der Waals surface area contributed by atoms with Crippen LogP contribution in [-0.4, -0.2) is 17.3 Å². The minimum atomic E-state index is -0.503. The van der Waals surface area contributed by atoms with Gasteiger partial charge in [-0.05, 0) is 13.3 Å². The highest BCUT2D eigenvalue weighted by Gasteiger charge is 2.30. The average molecular weight is 205 g/mol. The van der Waals surface area contributed by atoms with Crippen molar-refractivity contribution in [3.63, 3.8) is 0 Å². The molecule has 0 aromatic carbocycles. The summed E-state index contributed by atoms with van der Waals surface area (Å²) in [6.07, 6.45) is 0.771. The zero-order valence-corrected chi connectivity index (χ0v) is 8.76. The van der Waals surface area contributed by atoms with Crippen LogP contribution in [0.3, 0.4) is 0 Å². The van der Waals surface area contributed by atoms with Crippen LogP contribution in [0.15, 0.2) is 4.42 Å². The molecule has 0 N–H and O–H groups in total. The number of hydrogen-bond donors (Lipinski definition) is 0. The van der Waals surface area contributed by atoms with Gasteiger partial charge in [0.25, 0.3) is 0 Å². The maximum Gasteiger partial charge on any atom is 0.247 e. The molecule has 0 amide bonds. The Bertz CT molecular complexity index is 271. The van der Waals surface area contributed by atoms with Gasteiger partial charge in [0.2, 0.25) is 11.8 Å². The normalized spacial score (nSPS) is 15.7. The lowest BCUT2D eigenvalue weighted by Gasteiger charge is -2.21. The number of halogens is 1. The van der Waals surface area contributed by atoms with Crippen molar-refractivity contribution < 1.29 is 9.15 Å². The van der Waals surface area contributed by atoms with Gasteiger partial charge in [0.05, 0.1) is 0 Å². The van der Waals surface area contributed by atoms with Gasteiger partial charge in [-0.25, -0.2) is 0 Å². The number of hydrogen-bond acceptors (Lipinski definition) is 4. The molecular weight excluding hydrogens is 192 g/mol. The van der Waals surface area contributed by atoms with Gasteiger partial charge in [-0.15, -0.1) is 21.8 Å². The van der Waals surface area contributed by atoms with Gasteiger partial charge < -0.3 is 9.15 Å². The highest BCUT2D eigenvalue weighted by atomic mass is 35.5. The van der Waals surface area contributed by atoms with Crippen LogP contribution in [0.1, 0.15) is 32.0 Å². The third kappa shape index (κ3) is 2.00. The Morgan fingerprint density at radius 3 is 2.62 bits per heavy atom. The van der Waals surface area contributed by atoms with Crippen LogP contribution in [0.25, 0.3) is 0 Å². The fraction of sp³-hybridized carbons (Fsp3) is 0.750. The van der Waals surface area contributed by atoms with Gasteiger partial charge in [-0.3, -0.25) is 0 Å². The Morgan fingerprint density at radius 2 is 2.23 bits per heavy atom. The lowest BCUT2D eigenvalue weighted by atomic mass is 10.0. The van der Waals surface area contributed by atoms with E-state index >= 15 is 0 Å². The van der Waals surface area contributed by atoms with E-state index in [1.54, 1.807) is 7.11 Å². The molecule has 0 aliphatic rings. The number of methoxy groups -OCH3 is 1. The molecule has 0 fully saturated rings. The lowest BCUT2D eigenvalue weighted by molar-refractivity contribution is -0.0241. The summed E-state index contributed by atoms with van der Waals surface area (Å²) >= 11 is 5.54. The van der Waals surface area contributed by atoms with E-state index in [1.165, 1.54) is 0 Å².